The largest absolute Gasteiger partial charge is 0.481 e. The fourth-order valence-electron chi connectivity index (χ4n) is 3.27. The van der Waals surface area contributed by atoms with E-state index in [1.807, 2.05) is 0 Å². The maximum atomic E-state index is 12.1. The van der Waals surface area contributed by atoms with Crippen molar-refractivity contribution in [3.8, 4) is 0 Å². The monoisotopic (exact) mass is 373 g/mol. The van der Waals surface area contributed by atoms with E-state index >= 15 is 0 Å². The van der Waals surface area contributed by atoms with Crippen molar-refractivity contribution in [3.05, 3.63) is 29.3 Å². The SMILES string of the molecule is O=C(O)CC1CCC(CCCNS(=O)(=O)c2ccc(Cl)cc2)CC1. The van der Waals surface area contributed by atoms with E-state index in [4.69, 9.17) is 16.7 Å². The number of aliphatic carboxylic acids is 1. The smallest absolute Gasteiger partial charge is 0.303 e. The van der Waals surface area contributed by atoms with Crippen LogP contribution in [0.15, 0.2) is 29.2 Å². The molecular formula is C17H24ClNO4S. The summed E-state index contributed by atoms with van der Waals surface area (Å²) in [6, 6.07) is 6.11. The van der Waals surface area contributed by atoms with Crippen molar-refractivity contribution < 1.29 is 18.3 Å². The summed E-state index contributed by atoms with van der Waals surface area (Å²) >= 11 is 5.76. The average Bonchev–Trinajstić information content (AvgIpc) is 2.53. The van der Waals surface area contributed by atoms with Gasteiger partial charge in [-0.15, -0.1) is 0 Å². The molecule has 0 radical (unpaired) electrons. The number of hydrogen-bond acceptors (Lipinski definition) is 3. The minimum atomic E-state index is -3.48. The van der Waals surface area contributed by atoms with Crippen LogP contribution in [0.25, 0.3) is 0 Å². The second-order valence-electron chi connectivity index (χ2n) is 6.48. The van der Waals surface area contributed by atoms with E-state index in [-0.39, 0.29) is 11.3 Å². The van der Waals surface area contributed by atoms with Crippen molar-refractivity contribution >= 4 is 27.6 Å². The molecule has 0 aromatic heterocycles. The zero-order valence-electron chi connectivity index (χ0n) is 13.6. The van der Waals surface area contributed by atoms with Gasteiger partial charge in [-0.3, -0.25) is 4.79 Å². The summed E-state index contributed by atoms with van der Waals surface area (Å²) in [6.45, 7) is 0.417. The van der Waals surface area contributed by atoms with Crippen LogP contribution in [0.2, 0.25) is 5.02 Å². The molecule has 0 unspecified atom stereocenters. The summed E-state index contributed by atoms with van der Waals surface area (Å²) in [6.07, 6.45) is 6.06. The number of rotatable bonds is 8. The third-order valence-corrected chi connectivity index (χ3v) is 6.36. The second-order valence-corrected chi connectivity index (χ2v) is 8.68. The Hall–Kier alpha value is -1.11. The molecule has 0 atom stereocenters. The van der Waals surface area contributed by atoms with Crippen LogP contribution < -0.4 is 4.72 Å². The van der Waals surface area contributed by atoms with Gasteiger partial charge in [0, 0.05) is 18.0 Å². The molecule has 1 aliphatic rings. The highest BCUT2D eigenvalue weighted by atomic mass is 35.5. The van der Waals surface area contributed by atoms with Gasteiger partial charge in [0.25, 0.3) is 0 Å². The van der Waals surface area contributed by atoms with Gasteiger partial charge in [0.15, 0.2) is 0 Å². The van der Waals surface area contributed by atoms with Gasteiger partial charge in [0.1, 0.15) is 0 Å². The molecule has 1 aliphatic carbocycles. The normalized spacial score (nSPS) is 21.5. The van der Waals surface area contributed by atoms with E-state index in [1.165, 1.54) is 12.1 Å². The number of hydrogen-bond donors (Lipinski definition) is 2. The highest BCUT2D eigenvalue weighted by Crippen LogP contribution is 2.33. The number of nitrogens with one attached hydrogen (secondary N) is 1. The lowest BCUT2D eigenvalue weighted by molar-refractivity contribution is -0.138. The molecule has 24 heavy (non-hydrogen) atoms. The van der Waals surface area contributed by atoms with Crippen LogP contribution in [0.4, 0.5) is 0 Å². The van der Waals surface area contributed by atoms with Gasteiger partial charge < -0.3 is 5.11 Å². The Morgan fingerprint density at radius 1 is 1.12 bits per heavy atom. The first-order valence-electron chi connectivity index (χ1n) is 8.34. The molecule has 1 fully saturated rings. The lowest BCUT2D eigenvalue weighted by Gasteiger charge is -2.27. The molecule has 134 valence electrons. The van der Waals surface area contributed by atoms with Crippen LogP contribution >= 0.6 is 11.6 Å². The highest BCUT2D eigenvalue weighted by Gasteiger charge is 2.22. The fourth-order valence-corrected chi connectivity index (χ4v) is 4.47. The first-order chi connectivity index (χ1) is 11.4. The van der Waals surface area contributed by atoms with Crippen LogP contribution in [0.1, 0.15) is 44.9 Å². The van der Waals surface area contributed by atoms with Crippen molar-refractivity contribution in [1.82, 2.24) is 4.72 Å². The quantitative estimate of drug-likeness (QED) is 0.681. The molecular weight excluding hydrogens is 350 g/mol. The third-order valence-electron chi connectivity index (χ3n) is 4.63. The van der Waals surface area contributed by atoms with Crippen LogP contribution in [0.5, 0.6) is 0 Å². The molecule has 0 saturated heterocycles. The summed E-state index contributed by atoms with van der Waals surface area (Å²) < 4.78 is 26.9. The van der Waals surface area contributed by atoms with E-state index in [9.17, 15) is 13.2 Å². The minimum Gasteiger partial charge on any atom is -0.481 e. The van der Waals surface area contributed by atoms with Crippen molar-refractivity contribution in [2.24, 2.45) is 11.8 Å². The number of halogens is 1. The Morgan fingerprint density at radius 3 is 2.29 bits per heavy atom. The summed E-state index contributed by atoms with van der Waals surface area (Å²) in [5, 5.41) is 9.32. The van der Waals surface area contributed by atoms with Crippen molar-refractivity contribution in [2.45, 2.75) is 49.8 Å². The van der Waals surface area contributed by atoms with Gasteiger partial charge in [0.2, 0.25) is 10.0 Å². The Labute approximate surface area is 148 Å². The molecule has 7 heteroatoms. The molecule has 1 aromatic rings. The van der Waals surface area contributed by atoms with Gasteiger partial charge in [-0.2, -0.15) is 0 Å². The molecule has 2 rings (SSSR count). The van der Waals surface area contributed by atoms with Crippen LogP contribution in [-0.2, 0) is 14.8 Å². The van der Waals surface area contributed by atoms with E-state index in [2.05, 4.69) is 4.72 Å². The number of carbonyl (C=O) groups is 1. The molecule has 1 saturated carbocycles. The van der Waals surface area contributed by atoms with Crippen LogP contribution in [-0.4, -0.2) is 26.0 Å². The van der Waals surface area contributed by atoms with Crippen molar-refractivity contribution in [2.75, 3.05) is 6.54 Å². The molecule has 0 amide bonds. The molecule has 5 nitrogen and oxygen atoms in total. The Morgan fingerprint density at radius 2 is 1.71 bits per heavy atom. The average molecular weight is 374 g/mol. The van der Waals surface area contributed by atoms with Crippen molar-refractivity contribution in [3.63, 3.8) is 0 Å². The standard InChI is InChI=1S/C17H24ClNO4S/c18-15-7-9-16(10-8-15)24(22,23)19-11-1-2-13-3-5-14(6-4-13)12-17(20)21/h7-10,13-14,19H,1-6,11-12H2,(H,20,21). The first-order valence-corrected chi connectivity index (χ1v) is 10.2. The molecule has 0 aliphatic heterocycles. The number of carboxylic acid groups (broad SMARTS) is 1. The van der Waals surface area contributed by atoms with Crippen LogP contribution in [0.3, 0.4) is 0 Å². The molecule has 0 bridgehead atoms. The maximum Gasteiger partial charge on any atom is 0.303 e. The summed E-state index contributed by atoms with van der Waals surface area (Å²) in [5.41, 5.74) is 0. The predicted molar refractivity (Wildman–Crippen MR) is 93.6 cm³/mol. The Kier molecular flexibility index (Phi) is 7.07. The van der Waals surface area contributed by atoms with Crippen molar-refractivity contribution in [1.29, 1.82) is 0 Å². The number of benzene rings is 1. The van der Waals surface area contributed by atoms with E-state index < -0.39 is 16.0 Å². The fraction of sp³-hybridized carbons (Fsp3) is 0.588. The lowest BCUT2D eigenvalue weighted by atomic mass is 9.79. The van der Waals surface area contributed by atoms with Gasteiger partial charge >= 0.3 is 5.97 Å². The zero-order valence-corrected chi connectivity index (χ0v) is 15.2. The van der Waals surface area contributed by atoms with Gasteiger partial charge in [-0.05, 0) is 61.8 Å². The Bertz CT molecular complexity index is 637. The summed E-state index contributed by atoms with van der Waals surface area (Å²) in [7, 11) is -3.48. The molecule has 1 aromatic carbocycles. The maximum absolute atomic E-state index is 12.1. The summed E-state index contributed by atoms with van der Waals surface area (Å²) in [4.78, 5) is 10.9. The number of sulfonamides is 1. The highest BCUT2D eigenvalue weighted by molar-refractivity contribution is 7.89. The van der Waals surface area contributed by atoms with E-state index in [0.717, 1.165) is 38.5 Å². The van der Waals surface area contributed by atoms with E-state index in [0.29, 0.717) is 23.4 Å². The minimum absolute atomic E-state index is 0.223. The summed E-state index contributed by atoms with van der Waals surface area (Å²) in [5.74, 6) is 0.173. The topological polar surface area (TPSA) is 83.5 Å². The molecule has 0 spiro atoms. The lowest BCUT2D eigenvalue weighted by Crippen LogP contribution is -2.25. The first kappa shape index (κ1) is 19.2. The Balaban J connectivity index is 1.68. The van der Waals surface area contributed by atoms with E-state index in [1.54, 1.807) is 12.1 Å². The zero-order chi connectivity index (χ0) is 17.6. The number of carboxylic acids is 1. The molecule has 2 N–H and O–H groups in total. The third kappa shape index (κ3) is 6.07. The van der Waals surface area contributed by atoms with Gasteiger partial charge in [-0.25, -0.2) is 13.1 Å². The predicted octanol–water partition coefficient (Wildman–Crippen LogP) is 3.68. The van der Waals surface area contributed by atoms with Crippen LogP contribution in [0, 0.1) is 11.8 Å². The second kappa shape index (κ2) is 8.83. The van der Waals surface area contributed by atoms with Gasteiger partial charge in [-0.1, -0.05) is 24.4 Å². The van der Waals surface area contributed by atoms with Gasteiger partial charge in [0.05, 0.1) is 4.90 Å². The molecule has 0 heterocycles.